The molecule has 1 saturated heterocycles. The van der Waals surface area contributed by atoms with E-state index in [1.165, 1.54) is 4.90 Å². The summed E-state index contributed by atoms with van der Waals surface area (Å²) in [6.07, 6.45) is 0.829. The van der Waals surface area contributed by atoms with E-state index in [-0.39, 0.29) is 31.9 Å². The van der Waals surface area contributed by atoms with Crippen molar-refractivity contribution < 1.29 is 38.3 Å². The van der Waals surface area contributed by atoms with Gasteiger partial charge in [-0.05, 0) is 75.1 Å². The molecule has 12 heteroatoms. The van der Waals surface area contributed by atoms with Crippen LogP contribution in [0.2, 0.25) is 0 Å². The van der Waals surface area contributed by atoms with Gasteiger partial charge in [-0.3, -0.25) is 19.2 Å². The van der Waals surface area contributed by atoms with Crippen molar-refractivity contribution in [2.75, 3.05) is 13.2 Å². The van der Waals surface area contributed by atoms with Gasteiger partial charge in [0.25, 0.3) is 0 Å². The maximum absolute atomic E-state index is 14.5. The zero-order valence-electron chi connectivity index (χ0n) is 31.9. The topological polar surface area (TPSA) is 153 Å². The van der Waals surface area contributed by atoms with Gasteiger partial charge in [-0.15, -0.1) is 0 Å². The standard InChI is InChI=1S/C38H58N4O8/c1-12-15-27(31(44)30(43)13-2)39-34(45)29-20-38(19-28(41-50-38)26-17-23(6)32(48-14-3)24(7)18-26)21-42(29)35(46)33(37(9,10)11)40-36(47)49-25(8)16-22(4)5/h17-18,22,25,27,29,33H,12-16,19-21H2,1-11H3,(H,39,45)(H,40,47)/t25-,27-,29-,33+,38+/m0/s1. The van der Waals surface area contributed by atoms with Crippen LogP contribution in [0.3, 0.4) is 0 Å². The summed E-state index contributed by atoms with van der Waals surface area (Å²) in [5.41, 5.74) is 1.63. The number of amides is 3. The number of nitrogens with zero attached hydrogens (tertiary/aromatic N) is 2. The molecule has 1 aromatic rings. The van der Waals surface area contributed by atoms with Crippen LogP contribution in [0.5, 0.6) is 5.75 Å². The first-order chi connectivity index (χ1) is 23.4. The van der Waals surface area contributed by atoms with E-state index in [0.29, 0.717) is 37.5 Å². The molecular formula is C38H58N4O8. The normalized spacial score (nSPS) is 20.5. The number of aryl methyl sites for hydroxylation is 2. The Morgan fingerprint density at radius 2 is 1.68 bits per heavy atom. The maximum Gasteiger partial charge on any atom is 0.408 e. The van der Waals surface area contributed by atoms with Crippen molar-refractivity contribution in [3.8, 4) is 5.75 Å². The third-order valence-electron chi connectivity index (χ3n) is 9.20. The molecule has 0 bridgehead atoms. The number of alkyl carbamates (subject to hydrolysis) is 1. The summed E-state index contributed by atoms with van der Waals surface area (Å²) in [6, 6.07) is 0.831. The fourth-order valence-electron chi connectivity index (χ4n) is 6.83. The molecule has 2 aliphatic heterocycles. The van der Waals surface area contributed by atoms with Gasteiger partial charge in [0.05, 0.1) is 24.9 Å². The summed E-state index contributed by atoms with van der Waals surface area (Å²) in [6.45, 7) is 21.2. The number of benzene rings is 1. The van der Waals surface area contributed by atoms with Gasteiger partial charge < -0.3 is 29.8 Å². The molecule has 5 atom stereocenters. The largest absolute Gasteiger partial charge is 0.493 e. The molecule has 50 heavy (non-hydrogen) atoms. The average molecular weight is 699 g/mol. The van der Waals surface area contributed by atoms with Crippen LogP contribution in [0.15, 0.2) is 17.3 Å². The van der Waals surface area contributed by atoms with Gasteiger partial charge in [0.2, 0.25) is 17.6 Å². The Morgan fingerprint density at radius 3 is 2.22 bits per heavy atom. The fourth-order valence-corrected chi connectivity index (χ4v) is 6.83. The molecule has 0 unspecified atom stereocenters. The monoisotopic (exact) mass is 698 g/mol. The SMILES string of the molecule is CCC[C@H](NC(=O)[C@@H]1C[C@]2(CC(c3cc(C)c(OCC)c(C)c3)=NO2)CN1C(=O)[C@@H](NC(=O)O[C@@H](C)CC(C)C)C(C)(C)C)C(=O)C(=O)CC. The number of ketones is 2. The quantitative estimate of drug-likeness (QED) is 0.226. The molecule has 1 spiro atoms. The van der Waals surface area contributed by atoms with E-state index in [0.717, 1.165) is 22.4 Å². The first kappa shape index (κ1) is 40.5. The second-order valence-corrected chi connectivity index (χ2v) is 15.3. The summed E-state index contributed by atoms with van der Waals surface area (Å²) in [4.78, 5) is 74.6. The van der Waals surface area contributed by atoms with Crippen molar-refractivity contribution in [2.24, 2.45) is 16.5 Å². The van der Waals surface area contributed by atoms with Crippen LogP contribution in [-0.2, 0) is 28.8 Å². The van der Waals surface area contributed by atoms with Crippen molar-refractivity contribution in [3.63, 3.8) is 0 Å². The second-order valence-electron chi connectivity index (χ2n) is 15.3. The predicted octanol–water partition coefficient (Wildman–Crippen LogP) is 5.57. The minimum atomic E-state index is -1.06. The summed E-state index contributed by atoms with van der Waals surface area (Å²) in [7, 11) is 0. The average Bonchev–Trinajstić information content (AvgIpc) is 3.62. The van der Waals surface area contributed by atoms with Crippen molar-refractivity contribution in [2.45, 2.75) is 145 Å². The van der Waals surface area contributed by atoms with Crippen molar-refractivity contribution in [1.29, 1.82) is 0 Å². The number of oxime groups is 1. The minimum absolute atomic E-state index is 0.0131. The van der Waals surface area contributed by atoms with Gasteiger partial charge in [0.15, 0.2) is 11.4 Å². The fraction of sp³-hybridized carbons (Fsp3) is 0.684. The third-order valence-corrected chi connectivity index (χ3v) is 9.20. The molecule has 0 aliphatic carbocycles. The van der Waals surface area contributed by atoms with Gasteiger partial charge in [0, 0.05) is 24.8 Å². The Bertz CT molecular complexity index is 1440. The summed E-state index contributed by atoms with van der Waals surface area (Å²) < 4.78 is 11.4. The Hall–Kier alpha value is -3.96. The molecule has 2 aliphatic rings. The smallest absolute Gasteiger partial charge is 0.408 e. The van der Waals surface area contributed by atoms with Gasteiger partial charge in [-0.1, -0.05) is 60.0 Å². The van der Waals surface area contributed by atoms with Crippen LogP contribution in [-0.4, -0.2) is 83.1 Å². The number of Topliss-reactive ketones (excluding diaryl/α,β-unsaturated/α-hetero) is 2. The van der Waals surface area contributed by atoms with E-state index in [2.05, 4.69) is 15.8 Å². The Morgan fingerprint density at radius 1 is 1.04 bits per heavy atom. The van der Waals surface area contributed by atoms with Crippen LogP contribution in [0, 0.1) is 25.2 Å². The van der Waals surface area contributed by atoms with E-state index in [9.17, 15) is 24.0 Å². The molecule has 0 saturated carbocycles. The summed E-state index contributed by atoms with van der Waals surface area (Å²) in [5.74, 6) is -1.17. The lowest BCUT2D eigenvalue weighted by molar-refractivity contribution is -0.143. The van der Waals surface area contributed by atoms with Gasteiger partial charge in [-0.2, -0.15) is 0 Å². The van der Waals surface area contributed by atoms with Crippen LogP contribution < -0.4 is 15.4 Å². The molecule has 2 N–H and O–H groups in total. The first-order valence-electron chi connectivity index (χ1n) is 18.0. The lowest BCUT2D eigenvalue weighted by atomic mass is 9.85. The number of carbonyl (C=O) groups excluding carboxylic acids is 5. The first-order valence-corrected chi connectivity index (χ1v) is 18.0. The molecular weight excluding hydrogens is 640 g/mol. The summed E-state index contributed by atoms with van der Waals surface area (Å²) in [5, 5.41) is 10.0. The van der Waals surface area contributed by atoms with Crippen molar-refractivity contribution in [1.82, 2.24) is 15.5 Å². The van der Waals surface area contributed by atoms with E-state index in [4.69, 9.17) is 14.3 Å². The molecule has 2 heterocycles. The Kier molecular flexibility index (Phi) is 13.6. The number of rotatable bonds is 15. The number of nitrogens with one attached hydrogen (secondary N) is 2. The Balaban J connectivity index is 1.97. The second kappa shape index (κ2) is 16.8. The third kappa shape index (κ3) is 9.84. The van der Waals surface area contributed by atoms with E-state index in [1.807, 2.05) is 74.4 Å². The van der Waals surface area contributed by atoms with Gasteiger partial charge in [-0.25, -0.2) is 4.79 Å². The number of hydrogen-bond acceptors (Lipinski definition) is 9. The van der Waals surface area contributed by atoms with E-state index >= 15 is 0 Å². The zero-order valence-corrected chi connectivity index (χ0v) is 31.9. The molecule has 3 rings (SSSR count). The minimum Gasteiger partial charge on any atom is -0.493 e. The van der Waals surface area contributed by atoms with E-state index in [1.54, 1.807) is 13.8 Å². The molecule has 1 aromatic carbocycles. The molecule has 3 amide bonds. The highest BCUT2D eigenvalue weighted by Gasteiger charge is 2.55. The lowest BCUT2D eigenvalue weighted by Crippen LogP contribution is -2.59. The molecule has 12 nitrogen and oxygen atoms in total. The van der Waals surface area contributed by atoms with Crippen molar-refractivity contribution in [3.05, 3.63) is 28.8 Å². The van der Waals surface area contributed by atoms with Crippen LogP contribution in [0.25, 0.3) is 0 Å². The number of carbonyl (C=O) groups is 5. The zero-order chi connectivity index (χ0) is 37.6. The highest BCUT2D eigenvalue weighted by molar-refractivity contribution is 6.39. The molecule has 0 radical (unpaired) electrons. The van der Waals surface area contributed by atoms with Gasteiger partial charge >= 0.3 is 6.09 Å². The number of ether oxygens (including phenoxy) is 2. The maximum atomic E-state index is 14.5. The number of likely N-dealkylation sites (tertiary alicyclic amines) is 1. The summed E-state index contributed by atoms with van der Waals surface area (Å²) >= 11 is 0. The molecule has 1 fully saturated rings. The van der Waals surface area contributed by atoms with Crippen LogP contribution in [0.1, 0.15) is 118 Å². The highest BCUT2D eigenvalue weighted by Crippen LogP contribution is 2.41. The van der Waals surface area contributed by atoms with Crippen molar-refractivity contribution >= 4 is 35.2 Å². The number of hydrogen-bond donors (Lipinski definition) is 2. The predicted molar refractivity (Wildman–Crippen MR) is 191 cm³/mol. The molecule has 0 aromatic heterocycles. The van der Waals surface area contributed by atoms with E-state index < -0.39 is 58.6 Å². The Labute approximate surface area is 297 Å². The highest BCUT2D eigenvalue weighted by atomic mass is 16.7. The van der Waals surface area contributed by atoms with Gasteiger partial charge in [0.1, 0.15) is 23.9 Å². The van der Waals surface area contributed by atoms with Crippen LogP contribution >= 0.6 is 0 Å². The lowest BCUT2D eigenvalue weighted by Gasteiger charge is -2.35. The van der Waals surface area contributed by atoms with Crippen LogP contribution in [0.4, 0.5) is 4.79 Å². The molecule has 278 valence electrons.